The zero-order chi connectivity index (χ0) is 18.9. The molecule has 1 aromatic rings. The number of likely N-dealkylation sites (tertiary alicyclic amines) is 1. The molecular weight excluding hydrogens is 328 g/mol. The van der Waals surface area contributed by atoms with E-state index in [1.54, 1.807) is 0 Å². The smallest absolute Gasteiger partial charge is 0.233 e. The molecule has 2 fully saturated rings. The fourth-order valence-electron chi connectivity index (χ4n) is 3.94. The van der Waals surface area contributed by atoms with Gasteiger partial charge in [0.05, 0.1) is 11.8 Å². The van der Waals surface area contributed by atoms with Gasteiger partial charge in [0.15, 0.2) is 0 Å². The molecule has 0 radical (unpaired) electrons. The molecule has 1 N–H and O–H groups in total. The van der Waals surface area contributed by atoms with Crippen LogP contribution in [0.25, 0.3) is 0 Å². The monoisotopic (exact) mass is 356 g/mol. The van der Waals surface area contributed by atoms with Crippen LogP contribution in [0.5, 0.6) is 0 Å². The first-order valence-electron chi connectivity index (χ1n) is 9.53. The van der Waals surface area contributed by atoms with Crippen LogP contribution in [-0.2, 0) is 19.8 Å². The van der Waals surface area contributed by atoms with Gasteiger partial charge < -0.3 is 5.32 Å². The standard InChI is InChI=1S/C21H28N2O3/c1-21(2,3)14-8-10-15(11-9-14)22-18(24)12-13-23-19(25)16-6-4-5-7-17(16)20(23)26/h8-11,16-17H,4-7,12-13H2,1-3H3,(H,22,24)/t16-,17+. The first-order valence-corrected chi connectivity index (χ1v) is 9.53. The molecule has 1 saturated heterocycles. The molecule has 1 aromatic carbocycles. The molecule has 26 heavy (non-hydrogen) atoms. The summed E-state index contributed by atoms with van der Waals surface area (Å²) < 4.78 is 0. The number of nitrogens with zero attached hydrogens (tertiary/aromatic N) is 1. The largest absolute Gasteiger partial charge is 0.326 e. The van der Waals surface area contributed by atoms with E-state index in [0.717, 1.165) is 31.4 Å². The number of imide groups is 1. The predicted molar refractivity (Wildman–Crippen MR) is 101 cm³/mol. The Morgan fingerprint density at radius 1 is 1.04 bits per heavy atom. The van der Waals surface area contributed by atoms with Gasteiger partial charge in [0.1, 0.15) is 0 Å². The third kappa shape index (κ3) is 3.81. The molecule has 1 saturated carbocycles. The molecule has 5 heteroatoms. The van der Waals surface area contributed by atoms with E-state index in [9.17, 15) is 14.4 Å². The number of carbonyl (C=O) groups excluding carboxylic acids is 3. The molecule has 140 valence electrons. The van der Waals surface area contributed by atoms with Crippen molar-refractivity contribution in [2.24, 2.45) is 11.8 Å². The Hall–Kier alpha value is -2.17. The van der Waals surface area contributed by atoms with Crippen molar-refractivity contribution in [3.05, 3.63) is 29.8 Å². The maximum atomic E-state index is 12.4. The number of rotatable bonds is 4. The SMILES string of the molecule is CC(C)(C)c1ccc(NC(=O)CCN2C(=O)[C@H]3CCCC[C@H]3C2=O)cc1. The lowest BCUT2D eigenvalue weighted by Crippen LogP contribution is -2.34. The van der Waals surface area contributed by atoms with Crippen molar-refractivity contribution in [3.63, 3.8) is 0 Å². The van der Waals surface area contributed by atoms with Gasteiger partial charge in [-0.1, -0.05) is 45.7 Å². The van der Waals surface area contributed by atoms with E-state index >= 15 is 0 Å². The van der Waals surface area contributed by atoms with Gasteiger partial charge in [-0.2, -0.15) is 0 Å². The van der Waals surface area contributed by atoms with Crippen LogP contribution >= 0.6 is 0 Å². The molecule has 0 bridgehead atoms. The first kappa shape index (κ1) is 18.6. The zero-order valence-electron chi connectivity index (χ0n) is 15.9. The number of anilines is 1. The van der Waals surface area contributed by atoms with Crippen molar-refractivity contribution < 1.29 is 14.4 Å². The van der Waals surface area contributed by atoms with Gasteiger partial charge in [-0.3, -0.25) is 19.3 Å². The molecule has 0 unspecified atom stereocenters. The van der Waals surface area contributed by atoms with E-state index in [1.165, 1.54) is 10.5 Å². The number of benzene rings is 1. The summed E-state index contributed by atoms with van der Waals surface area (Å²) in [6.07, 6.45) is 3.77. The number of nitrogens with one attached hydrogen (secondary N) is 1. The van der Waals surface area contributed by atoms with Crippen molar-refractivity contribution in [1.29, 1.82) is 0 Å². The maximum Gasteiger partial charge on any atom is 0.233 e. The summed E-state index contributed by atoms with van der Waals surface area (Å²) in [5, 5.41) is 2.85. The van der Waals surface area contributed by atoms with E-state index in [0.29, 0.717) is 0 Å². The Balaban J connectivity index is 1.54. The Morgan fingerprint density at radius 3 is 2.08 bits per heavy atom. The van der Waals surface area contributed by atoms with Gasteiger partial charge in [-0.15, -0.1) is 0 Å². The Kier molecular flexibility index (Phi) is 5.17. The number of amides is 3. The van der Waals surface area contributed by atoms with E-state index in [-0.39, 0.29) is 47.9 Å². The predicted octanol–water partition coefficient (Wildman–Crippen LogP) is 3.49. The van der Waals surface area contributed by atoms with Gasteiger partial charge in [0.25, 0.3) is 0 Å². The molecular formula is C21H28N2O3. The first-order chi connectivity index (χ1) is 12.3. The highest BCUT2D eigenvalue weighted by atomic mass is 16.2. The van der Waals surface area contributed by atoms with Gasteiger partial charge in [0, 0.05) is 18.7 Å². The van der Waals surface area contributed by atoms with Crippen LogP contribution in [0.2, 0.25) is 0 Å². The molecule has 1 aliphatic carbocycles. The third-order valence-corrected chi connectivity index (χ3v) is 5.53. The van der Waals surface area contributed by atoms with Crippen molar-refractivity contribution in [1.82, 2.24) is 4.90 Å². The minimum atomic E-state index is -0.177. The molecule has 1 aliphatic heterocycles. The summed E-state index contributed by atoms with van der Waals surface area (Å²) in [5.41, 5.74) is 2.00. The molecule has 1 heterocycles. The lowest BCUT2D eigenvalue weighted by atomic mass is 9.81. The highest BCUT2D eigenvalue weighted by molar-refractivity contribution is 6.05. The van der Waals surface area contributed by atoms with Gasteiger partial charge in [-0.25, -0.2) is 0 Å². The summed E-state index contributed by atoms with van der Waals surface area (Å²) in [5.74, 6) is -0.637. The number of fused-ring (bicyclic) bond motifs is 1. The summed E-state index contributed by atoms with van der Waals surface area (Å²) in [7, 11) is 0. The lowest BCUT2D eigenvalue weighted by Gasteiger charge is -2.19. The van der Waals surface area contributed by atoms with E-state index < -0.39 is 0 Å². The van der Waals surface area contributed by atoms with Crippen molar-refractivity contribution in [2.75, 3.05) is 11.9 Å². The van der Waals surface area contributed by atoms with Crippen molar-refractivity contribution >= 4 is 23.4 Å². The van der Waals surface area contributed by atoms with Crippen LogP contribution in [-0.4, -0.2) is 29.2 Å². The van der Waals surface area contributed by atoms with Crippen LogP contribution in [0.4, 0.5) is 5.69 Å². The molecule has 0 aromatic heterocycles. The number of hydrogen-bond donors (Lipinski definition) is 1. The second kappa shape index (κ2) is 7.22. The fourth-order valence-corrected chi connectivity index (χ4v) is 3.94. The van der Waals surface area contributed by atoms with Crippen molar-refractivity contribution in [2.45, 2.75) is 58.3 Å². The lowest BCUT2D eigenvalue weighted by molar-refractivity contribution is -0.140. The topological polar surface area (TPSA) is 66.5 Å². The molecule has 0 spiro atoms. The molecule has 5 nitrogen and oxygen atoms in total. The quantitative estimate of drug-likeness (QED) is 0.840. The van der Waals surface area contributed by atoms with Gasteiger partial charge in [0.2, 0.25) is 17.7 Å². The summed E-state index contributed by atoms with van der Waals surface area (Å²) in [4.78, 5) is 38.4. The van der Waals surface area contributed by atoms with Gasteiger partial charge in [-0.05, 0) is 36.0 Å². The molecule has 3 amide bonds. The van der Waals surface area contributed by atoms with Crippen LogP contribution in [0, 0.1) is 11.8 Å². The zero-order valence-corrected chi connectivity index (χ0v) is 15.9. The average molecular weight is 356 g/mol. The average Bonchev–Trinajstić information content (AvgIpc) is 2.84. The van der Waals surface area contributed by atoms with Crippen molar-refractivity contribution in [3.8, 4) is 0 Å². The second-order valence-electron chi connectivity index (χ2n) is 8.45. The highest BCUT2D eigenvalue weighted by Gasteiger charge is 2.47. The second-order valence-corrected chi connectivity index (χ2v) is 8.45. The highest BCUT2D eigenvalue weighted by Crippen LogP contribution is 2.38. The van der Waals surface area contributed by atoms with Crippen LogP contribution in [0.15, 0.2) is 24.3 Å². The van der Waals surface area contributed by atoms with E-state index in [1.807, 2.05) is 24.3 Å². The number of hydrogen-bond acceptors (Lipinski definition) is 3. The Morgan fingerprint density at radius 2 is 1.58 bits per heavy atom. The third-order valence-electron chi connectivity index (χ3n) is 5.53. The van der Waals surface area contributed by atoms with E-state index in [4.69, 9.17) is 0 Å². The summed E-state index contributed by atoms with van der Waals surface area (Å²) in [6.45, 7) is 6.60. The molecule has 2 atom stereocenters. The molecule has 3 rings (SSSR count). The summed E-state index contributed by atoms with van der Waals surface area (Å²) >= 11 is 0. The summed E-state index contributed by atoms with van der Waals surface area (Å²) in [6, 6.07) is 7.79. The Labute approximate surface area is 155 Å². The minimum Gasteiger partial charge on any atom is -0.326 e. The van der Waals surface area contributed by atoms with Crippen LogP contribution < -0.4 is 5.32 Å². The fraction of sp³-hybridized carbons (Fsp3) is 0.571. The van der Waals surface area contributed by atoms with Crippen LogP contribution in [0.3, 0.4) is 0 Å². The maximum absolute atomic E-state index is 12.4. The molecule has 2 aliphatic rings. The minimum absolute atomic E-state index is 0.0653. The van der Waals surface area contributed by atoms with Gasteiger partial charge >= 0.3 is 0 Å². The van der Waals surface area contributed by atoms with E-state index in [2.05, 4.69) is 26.1 Å². The van der Waals surface area contributed by atoms with Crippen LogP contribution in [0.1, 0.15) is 58.4 Å². The normalized spacial score (nSPS) is 23.1. The number of carbonyl (C=O) groups is 3. The Bertz CT molecular complexity index is 679.